The highest BCUT2D eigenvalue weighted by Crippen LogP contribution is 2.33. The van der Waals surface area contributed by atoms with E-state index >= 15 is 0 Å². The average molecular weight is 268 g/mol. The summed E-state index contributed by atoms with van der Waals surface area (Å²) in [6.45, 7) is 5.72. The van der Waals surface area contributed by atoms with Crippen LogP contribution in [0.4, 0.5) is 5.69 Å². The van der Waals surface area contributed by atoms with Gasteiger partial charge in [-0.25, -0.2) is 13.1 Å². The lowest BCUT2D eigenvalue weighted by molar-refractivity contribution is 0.538. The molecule has 1 aliphatic carbocycles. The van der Waals surface area contributed by atoms with Crippen LogP contribution >= 0.6 is 0 Å². The topological polar surface area (TPSA) is 72.2 Å². The van der Waals surface area contributed by atoms with Crippen molar-refractivity contribution in [1.82, 2.24) is 4.72 Å². The molecule has 1 aliphatic rings. The Balaban J connectivity index is 2.31. The summed E-state index contributed by atoms with van der Waals surface area (Å²) in [7, 11) is -3.51. The lowest BCUT2D eigenvalue weighted by atomic mass is 10.1. The van der Waals surface area contributed by atoms with E-state index in [0.29, 0.717) is 11.6 Å². The van der Waals surface area contributed by atoms with Gasteiger partial charge in [0.05, 0.1) is 5.69 Å². The van der Waals surface area contributed by atoms with Gasteiger partial charge in [-0.2, -0.15) is 0 Å². The minimum Gasteiger partial charge on any atom is -0.398 e. The number of sulfonamides is 1. The van der Waals surface area contributed by atoms with Gasteiger partial charge in [-0.05, 0) is 62.8 Å². The zero-order valence-electron chi connectivity index (χ0n) is 11.0. The predicted molar refractivity (Wildman–Crippen MR) is 72.8 cm³/mol. The fourth-order valence-electron chi connectivity index (χ4n) is 2.05. The fourth-order valence-corrected chi connectivity index (χ4v) is 3.56. The Morgan fingerprint density at radius 1 is 1.28 bits per heavy atom. The molecule has 1 aromatic rings. The van der Waals surface area contributed by atoms with Gasteiger partial charge in [0.25, 0.3) is 0 Å². The predicted octanol–water partition coefficient (Wildman–Crippen LogP) is 1.96. The molecule has 100 valence electrons. The SMILES string of the molecule is Cc1cc(N)c(S(=O)(=O)NC(C)C2CC2)cc1C. The largest absolute Gasteiger partial charge is 0.398 e. The highest BCUT2D eigenvalue weighted by Gasteiger charge is 2.31. The van der Waals surface area contributed by atoms with Crippen LogP contribution in [0.5, 0.6) is 0 Å². The van der Waals surface area contributed by atoms with Crippen molar-refractivity contribution in [1.29, 1.82) is 0 Å². The summed E-state index contributed by atoms with van der Waals surface area (Å²) in [5.74, 6) is 0.479. The molecule has 3 N–H and O–H groups in total. The number of rotatable bonds is 4. The highest BCUT2D eigenvalue weighted by atomic mass is 32.2. The van der Waals surface area contributed by atoms with Gasteiger partial charge in [-0.1, -0.05) is 0 Å². The number of hydrogen-bond acceptors (Lipinski definition) is 3. The van der Waals surface area contributed by atoms with Gasteiger partial charge >= 0.3 is 0 Å². The first kappa shape index (κ1) is 13.4. The molecule has 5 heteroatoms. The van der Waals surface area contributed by atoms with E-state index in [4.69, 9.17) is 5.73 Å². The standard InChI is InChI=1S/C13H20N2O2S/c1-8-6-12(14)13(7-9(8)2)18(16,17)15-10(3)11-4-5-11/h6-7,10-11,15H,4-5,14H2,1-3H3. The molecule has 1 aromatic carbocycles. The van der Waals surface area contributed by atoms with Crippen LogP contribution in [0.15, 0.2) is 17.0 Å². The van der Waals surface area contributed by atoms with E-state index in [0.717, 1.165) is 24.0 Å². The average Bonchev–Trinajstić information content (AvgIpc) is 3.05. The molecule has 1 unspecified atom stereocenters. The molecule has 1 fully saturated rings. The lowest BCUT2D eigenvalue weighted by Gasteiger charge is -2.15. The third-order valence-corrected chi connectivity index (χ3v) is 5.20. The molecular formula is C13H20N2O2S. The molecule has 0 amide bonds. The minimum absolute atomic E-state index is 0.0176. The number of hydrogen-bond donors (Lipinski definition) is 2. The molecule has 2 rings (SSSR count). The summed E-state index contributed by atoms with van der Waals surface area (Å²) in [5, 5.41) is 0. The zero-order chi connectivity index (χ0) is 13.5. The first-order chi connectivity index (χ1) is 8.31. The molecule has 18 heavy (non-hydrogen) atoms. The number of aryl methyl sites for hydroxylation is 2. The van der Waals surface area contributed by atoms with Crippen LogP contribution in [0.2, 0.25) is 0 Å². The molecule has 0 aliphatic heterocycles. The van der Waals surface area contributed by atoms with Gasteiger partial charge in [-0.15, -0.1) is 0 Å². The number of anilines is 1. The Bertz CT molecular complexity index is 563. The van der Waals surface area contributed by atoms with Crippen molar-refractivity contribution in [2.45, 2.75) is 44.6 Å². The number of benzene rings is 1. The van der Waals surface area contributed by atoms with Gasteiger partial charge in [0.15, 0.2) is 0 Å². The first-order valence-corrected chi connectivity index (χ1v) is 7.68. The maximum absolute atomic E-state index is 12.3. The monoisotopic (exact) mass is 268 g/mol. The van der Waals surface area contributed by atoms with Crippen molar-refractivity contribution in [3.8, 4) is 0 Å². The second kappa shape index (κ2) is 4.55. The summed E-state index contributed by atoms with van der Waals surface area (Å²) in [6.07, 6.45) is 2.21. The summed E-state index contributed by atoms with van der Waals surface area (Å²) in [5.41, 5.74) is 8.07. The molecule has 0 spiro atoms. The van der Waals surface area contributed by atoms with Crippen molar-refractivity contribution < 1.29 is 8.42 Å². The maximum Gasteiger partial charge on any atom is 0.242 e. The van der Waals surface area contributed by atoms with E-state index in [2.05, 4.69) is 4.72 Å². The van der Waals surface area contributed by atoms with E-state index < -0.39 is 10.0 Å². The number of nitrogen functional groups attached to an aromatic ring is 1. The van der Waals surface area contributed by atoms with Crippen LogP contribution in [0.1, 0.15) is 30.9 Å². The van der Waals surface area contributed by atoms with Crippen molar-refractivity contribution >= 4 is 15.7 Å². The Hall–Kier alpha value is -1.07. The van der Waals surface area contributed by atoms with Gasteiger partial charge < -0.3 is 5.73 Å². The maximum atomic E-state index is 12.3. The highest BCUT2D eigenvalue weighted by molar-refractivity contribution is 7.89. The molecule has 0 aromatic heterocycles. The Morgan fingerprint density at radius 2 is 1.83 bits per heavy atom. The molecule has 0 heterocycles. The molecule has 0 bridgehead atoms. The summed E-state index contributed by atoms with van der Waals surface area (Å²) in [4.78, 5) is 0.193. The van der Waals surface area contributed by atoms with Crippen LogP contribution in [0, 0.1) is 19.8 Å². The Morgan fingerprint density at radius 3 is 2.39 bits per heavy atom. The van der Waals surface area contributed by atoms with Crippen molar-refractivity contribution in [2.75, 3.05) is 5.73 Å². The van der Waals surface area contributed by atoms with E-state index in [9.17, 15) is 8.42 Å². The third-order valence-electron chi connectivity index (χ3n) is 3.59. The molecule has 4 nitrogen and oxygen atoms in total. The number of nitrogens with two attached hydrogens (primary N) is 1. The van der Waals surface area contributed by atoms with Gasteiger partial charge in [0.1, 0.15) is 4.90 Å². The van der Waals surface area contributed by atoms with Gasteiger partial charge in [0, 0.05) is 6.04 Å². The summed E-state index contributed by atoms with van der Waals surface area (Å²) in [6, 6.07) is 3.34. The van der Waals surface area contributed by atoms with Crippen LogP contribution in [-0.4, -0.2) is 14.5 Å². The van der Waals surface area contributed by atoms with Crippen LogP contribution in [0.25, 0.3) is 0 Å². The lowest BCUT2D eigenvalue weighted by Crippen LogP contribution is -2.34. The second-order valence-corrected chi connectivity index (χ2v) is 6.90. The number of nitrogens with one attached hydrogen (secondary N) is 1. The van der Waals surface area contributed by atoms with Crippen molar-refractivity contribution in [3.63, 3.8) is 0 Å². The molecule has 1 saturated carbocycles. The Kier molecular flexibility index (Phi) is 3.38. The van der Waals surface area contributed by atoms with Crippen LogP contribution in [0.3, 0.4) is 0 Å². The van der Waals surface area contributed by atoms with Gasteiger partial charge in [0.2, 0.25) is 10.0 Å². The van der Waals surface area contributed by atoms with Crippen LogP contribution in [-0.2, 0) is 10.0 Å². The molecular weight excluding hydrogens is 248 g/mol. The summed E-state index contributed by atoms with van der Waals surface area (Å²) < 4.78 is 27.3. The molecule has 0 saturated heterocycles. The molecule has 1 atom stereocenters. The van der Waals surface area contributed by atoms with Crippen molar-refractivity contribution in [3.05, 3.63) is 23.3 Å². The Labute approximate surface area is 109 Å². The smallest absolute Gasteiger partial charge is 0.242 e. The third kappa shape index (κ3) is 2.67. The van der Waals surface area contributed by atoms with E-state index in [1.165, 1.54) is 0 Å². The van der Waals surface area contributed by atoms with Crippen LogP contribution < -0.4 is 10.5 Å². The first-order valence-electron chi connectivity index (χ1n) is 6.20. The minimum atomic E-state index is -3.51. The fraction of sp³-hybridized carbons (Fsp3) is 0.538. The van der Waals surface area contributed by atoms with E-state index in [1.807, 2.05) is 20.8 Å². The zero-order valence-corrected chi connectivity index (χ0v) is 11.8. The molecule has 0 radical (unpaired) electrons. The summed E-state index contributed by atoms with van der Waals surface area (Å²) >= 11 is 0. The second-order valence-electron chi connectivity index (χ2n) is 5.22. The van der Waals surface area contributed by atoms with Gasteiger partial charge in [-0.3, -0.25) is 0 Å². The van der Waals surface area contributed by atoms with Crippen molar-refractivity contribution in [2.24, 2.45) is 5.92 Å². The quantitative estimate of drug-likeness (QED) is 0.820. The van der Waals surface area contributed by atoms with E-state index in [1.54, 1.807) is 12.1 Å². The normalized spacial score (nSPS) is 17.7. The van der Waals surface area contributed by atoms with E-state index in [-0.39, 0.29) is 10.9 Å².